The Labute approximate surface area is 88.4 Å². The van der Waals surface area contributed by atoms with Gasteiger partial charge in [-0.3, -0.25) is 0 Å². The van der Waals surface area contributed by atoms with Crippen molar-refractivity contribution in [2.24, 2.45) is 0 Å². The van der Waals surface area contributed by atoms with Crippen LogP contribution in [0.1, 0.15) is 13.3 Å². The summed E-state index contributed by atoms with van der Waals surface area (Å²) in [6, 6.07) is 0.0317. The third-order valence-electron chi connectivity index (χ3n) is 1.83. The highest BCUT2D eigenvalue weighted by atomic mass is 19.4. The number of methoxy groups -OCH3 is 1. The Bertz CT molecular complexity index is 153. The van der Waals surface area contributed by atoms with E-state index in [0.29, 0.717) is 19.7 Å². The summed E-state index contributed by atoms with van der Waals surface area (Å²) in [5, 5.41) is 5.86. The van der Waals surface area contributed by atoms with E-state index in [1.165, 1.54) is 0 Å². The van der Waals surface area contributed by atoms with Gasteiger partial charge in [-0.2, -0.15) is 13.2 Å². The Balaban J connectivity index is 3.29. The SMILES string of the molecule is COCCNCC(C)NCCC(F)(F)F. The molecular formula is C9H19F3N2O. The molecule has 0 aromatic heterocycles. The minimum Gasteiger partial charge on any atom is -0.383 e. The van der Waals surface area contributed by atoms with Crippen molar-refractivity contribution in [3.05, 3.63) is 0 Å². The van der Waals surface area contributed by atoms with Crippen LogP contribution in [0.2, 0.25) is 0 Å². The number of hydrogen-bond acceptors (Lipinski definition) is 3. The maximum Gasteiger partial charge on any atom is 0.390 e. The van der Waals surface area contributed by atoms with E-state index in [-0.39, 0.29) is 12.6 Å². The maximum atomic E-state index is 11.8. The van der Waals surface area contributed by atoms with Gasteiger partial charge >= 0.3 is 6.18 Å². The maximum absolute atomic E-state index is 11.8. The average molecular weight is 228 g/mol. The van der Waals surface area contributed by atoms with Crippen LogP contribution in [-0.2, 0) is 4.74 Å². The van der Waals surface area contributed by atoms with Crippen molar-refractivity contribution >= 4 is 0 Å². The predicted octanol–water partition coefficient (Wildman–Crippen LogP) is 1.15. The van der Waals surface area contributed by atoms with E-state index in [4.69, 9.17) is 4.74 Å². The predicted molar refractivity (Wildman–Crippen MR) is 52.9 cm³/mol. The molecule has 0 aliphatic heterocycles. The minimum absolute atomic E-state index is 0.0311. The van der Waals surface area contributed by atoms with Gasteiger partial charge in [-0.1, -0.05) is 0 Å². The second-order valence-corrected chi connectivity index (χ2v) is 3.42. The Morgan fingerprint density at radius 3 is 2.47 bits per heavy atom. The molecule has 0 rings (SSSR count). The molecule has 6 heteroatoms. The topological polar surface area (TPSA) is 33.3 Å². The van der Waals surface area contributed by atoms with Crippen LogP contribution in [0.3, 0.4) is 0 Å². The molecule has 0 heterocycles. The van der Waals surface area contributed by atoms with Gasteiger partial charge in [0.15, 0.2) is 0 Å². The molecule has 3 nitrogen and oxygen atoms in total. The second-order valence-electron chi connectivity index (χ2n) is 3.42. The lowest BCUT2D eigenvalue weighted by atomic mass is 10.3. The number of ether oxygens (including phenoxy) is 1. The molecule has 1 atom stereocenters. The average Bonchev–Trinajstić information content (AvgIpc) is 2.10. The van der Waals surface area contributed by atoms with E-state index in [1.54, 1.807) is 7.11 Å². The zero-order valence-electron chi connectivity index (χ0n) is 9.16. The summed E-state index contributed by atoms with van der Waals surface area (Å²) in [7, 11) is 1.60. The monoisotopic (exact) mass is 228 g/mol. The fraction of sp³-hybridized carbons (Fsp3) is 1.00. The Morgan fingerprint density at radius 2 is 1.93 bits per heavy atom. The van der Waals surface area contributed by atoms with Crippen molar-refractivity contribution in [2.45, 2.75) is 25.6 Å². The summed E-state index contributed by atoms with van der Waals surface area (Å²) in [4.78, 5) is 0. The van der Waals surface area contributed by atoms with Gasteiger partial charge in [0, 0.05) is 32.8 Å². The largest absolute Gasteiger partial charge is 0.390 e. The first-order chi connectivity index (χ1) is 6.95. The highest BCUT2D eigenvalue weighted by Crippen LogP contribution is 2.18. The molecular weight excluding hydrogens is 209 g/mol. The Kier molecular flexibility index (Phi) is 7.72. The highest BCUT2D eigenvalue weighted by molar-refractivity contribution is 4.65. The number of nitrogens with one attached hydrogen (secondary N) is 2. The summed E-state index contributed by atoms with van der Waals surface area (Å²) < 4.78 is 40.2. The second kappa shape index (κ2) is 7.90. The molecule has 0 aromatic carbocycles. The molecule has 0 saturated heterocycles. The van der Waals surface area contributed by atoms with Gasteiger partial charge in [0.1, 0.15) is 0 Å². The van der Waals surface area contributed by atoms with Crippen LogP contribution in [0, 0.1) is 0 Å². The standard InChI is InChI=1S/C9H19F3N2O/c1-8(7-13-5-6-15-2)14-4-3-9(10,11)12/h8,13-14H,3-7H2,1-2H3. The van der Waals surface area contributed by atoms with Crippen molar-refractivity contribution < 1.29 is 17.9 Å². The van der Waals surface area contributed by atoms with Gasteiger partial charge < -0.3 is 15.4 Å². The molecule has 0 amide bonds. The number of halogens is 3. The molecule has 0 aliphatic carbocycles. The third-order valence-corrected chi connectivity index (χ3v) is 1.83. The molecule has 2 N–H and O–H groups in total. The van der Waals surface area contributed by atoms with Gasteiger partial charge in [0.25, 0.3) is 0 Å². The molecule has 15 heavy (non-hydrogen) atoms. The summed E-state index contributed by atoms with van der Waals surface area (Å²) in [6.07, 6.45) is -4.86. The van der Waals surface area contributed by atoms with Crippen LogP contribution in [0.25, 0.3) is 0 Å². The van der Waals surface area contributed by atoms with Gasteiger partial charge in [-0.25, -0.2) is 0 Å². The lowest BCUT2D eigenvalue weighted by molar-refractivity contribution is -0.133. The molecule has 0 fully saturated rings. The van der Waals surface area contributed by atoms with E-state index >= 15 is 0 Å². The molecule has 92 valence electrons. The summed E-state index contributed by atoms with van der Waals surface area (Å²) in [6.45, 7) is 3.77. The molecule has 0 radical (unpaired) electrons. The van der Waals surface area contributed by atoms with Crippen molar-refractivity contribution in [1.29, 1.82) is 0 Å². The first kappa shape index (κ1) is 14.7. The first-order valence-electron chi connectivity index (χ1n) is 4.95. The van der Waals surface area contributed by atoms with Crippen molar-refractivity contribution in [2.75, 3.05) is 33.4 Å². The van der Waals surface area contributed by atoms with Gasteiger partial charge in [-0.15, -0.1) is 0 Å². The highest BCUT2D eigenvalue weighted by Gasteiger charge is 2.26. The fourth-order valence-electron chi connectivity index (χ4n) is 1.03. The van der Waals surface area contributed by atoms with E-state index in [1.807, 2.05) is 6.92 Å². The van der Waals surface area contributed by atoms with E-state index in [9.17, 15) is 13.2 Å². The van der Waals surface area contributed by atoms with Crippen molar-refractivity contribution in [1.82, 2.24) is 10.6 Å². The van der Waals surface area contributed by atoms with E-state index in [2.05, 4.69) is 10.6 Å². The summed E-state index contributed by atoms with van der Waals surface area (Å²) in [5.74, 6) is 0. The molecule has 0 aliphatic rings. The van der Waals surface area contributed by atoms with Crippen LogP contribution in [0.5, 0.6) is 0 Å². The fourth-order valence-corrected chi connectivity index (χ4v) is 1.03. The van der Waals surface area contributed by atoms with Crippen LogP contribution in [0.15, 0.2) is 0 Å². The normalized spacial score (nSPS) is 14.2. The zero-order chi connectivity index (χ0) is 11.7. The number of alkyl halides is 3. The van der Waals surface area contributed by atoms with Gasteiger partial charge in [0.05, 0.1) is 13.0 Å². The molecule has 0 spiro atoms. The zero-order valence-corrected chi connectivity index (χ0v) is 9.16. The van der Waals surface area contributed by atoms with Crippen LogP contribution in [0.4, 0.5) is 13.2 Å². The van der Waals surface area contributed by atoms with Crippen molar-refractivity contribution in [3.63, 3.8) is 0 Å². The molecule has 0 bridgehead atoms. The summed E-state index contributed by atoms with van der Waals surface area (Å²) in [5.41, 5.74) is 0. The molecule has 0 aromatic rings. The molecule has 0 saturated carbocycles. The van der Waals surface area contributed by atoms with E-state index < -0.39 is 12.6 Å². The smallest absolute Gasteiger partial charge is 0.383 e. The quantitative estimate of drug-likeness (QED) is 0.611. The van der Waals surface area contributed by atoms with Gasteiger partial charge in [0.2, 0.25) is 0 Å². The number of hydrogen-bond donors (Lipinski definition) is 2. The Morgan fingerprint density at radius 1 is 1.27 bits per heavy atom. The minimum atomic E-state index is -4.07. The van der Waals surface area contributed by atoms with Crippen LogP contribution in [-0.4, -0.2) is 45.6 Å². The van der Waals surface area contributed by atoms with Crippen molar-refractivity contribution in [3.8, 4) is 0 Å². The third kappa shape index (κ3) is 11.6. The first-order valence-corrected chi connectivity index (χ1v) is 4.95. The lowest BCUT2D eigenvalue weighted by Crippen LogP contribution is -2.38. The van der Waals surface area contributed by atoms with Crippen LogP contribution >= 0.6 is 0 Å². The number of rotatable bonds is 8. The summed E-state index contributed by atoms with van der Waals surface area (Å²) >= 11 is 0. The van der Waals surface area contributed by atoms with Gasteiger partial charge in [-0.05, 0) is 6.92 Å². The molecule has 1 unspecified atom stereocenters. The lowest BCUT2D eigenvalue weighted by Gasteiger charge is -2.15. The Hall–Kier alpha value is -0.330. The van der Waals surface area contributed by atoms with Crippen LogP contribution < -0.4 is 10.6 Å². The van der Waals surface area contributed by atoms with E-state index in [0.717, 1.165) is 0 Å².